The van der Waals surface area contributed by atoms with Crippen molar-refractivity contribution in [3.63, 3.8) is 0 Å². The van der Waals surface area contributed by atoms with E-state index in [1.54, 1.807) is 0 Å². The average Bonchev–Trinajstić information content (AvgIpc) is 3.02. The number of rotatable bonds is 9. The van der Waals surface area contributed by atoms with Gasteiger partial charge in [0.25, 0.3) is 5.91 Å². The van der Waals surface area contributed by atoms with Crippen molar-refractivity contribution in [3.05, 3.63) is 42.1 Å². The van der Waals surface area contributed by atoms with Crippen LogP contribution >= 0.6 is 0 Å². The first-order valence-corrected chi connectivity index (χ1v) is 10.7. The fraction of sp³-hybridized carbons (Fsp3) is 0.435. The second-order valence-corrected chi connectivity index (χ2v) is 9.32. The molecule has 8 nitrogen and oxygen atoms in total. The van der Waals surface area contributed by atoms with Crippen molar-refractivity contribution in [3.8, 4) is 23.1 Å². The number of ketones is 1. The van der Waals surface area contributed by atoms with E-state index in [-0.39, 0.29) is 58.8 Å². The number of nitrogens with zero attached hydrogens (tertiary/aromatic N) is 1. The molecule has 1 aliphatic heterocycles. The average molecular weight is 496 g/mol. The molecule has 186 valence electrons. The number of pyridine rings is 1. The van der Waals surface area contributed by atoms with Crippen LogP contribution in [0.2, 0.25) is 0 Å². The number of nitrogens with one attached hydrogen (secondary N) is 1. The minimum atomic E-state index is -3.74. The van der Waals surface area contributed by atoms with Crippen LogP contribution in [0, 0.1) is 5.41 Å². The summed E-state index contributed by atoms with van der Waals surface area (Å²) in [5.74, 6) is -0.943. The first-order chi connectivity index (χ1) is 16.3. The van der Waals surface area contributed by atoms with Gasteiger partial charge in [-0.05, 0) is 42.9 Å². The summed E-state index contributed by atoms with van der Waals surface area (Å²) in [7, 11) is 0. The summed E-state index contributed by atoms with van der Waals surface area (Å²) in [6.45, 7) is 0.277. The molecule has 6 rings (SSSR count). The Balaban J connectivity index is 1.07. The van der Waals surface area contributed by atoms with E-state index in [0.717, 1.165) is 0 Å². The van der Waals surface area contributed by atoms with E-state index in [1.807, 2.05) is 0 Å². The number of halogens is 4. The number of carbonyl (C=O) groups excluding carboxylic acids is 2. The van der Waals surface area contributed by atoms with Crippen molar-refractivity contribution < 1.29 is 46.1 Å². The van der Waals surface area contributed by atoms with E-state index in [2.05, 4.69) is 24.5 Å². The third-order valence-electron chi connectivity index (χ3n) is 6.17. The minimum Gasteiger partial charge on any atom is -0.484 e. The topological polar surface area (TPSA) is 96.0 Å². The van der Waals surface area contributed by atoms with E-state index in [1.165, 1.54) is 36.5 Å². The number of fused-ring (bicyclic) bond motifs is 1. The maximum absolute atomic E-state index is 13.1. The fourth-order valence-electron chi connectivity index (χ4n) is 5.05. The van der Waals surface area contributed by atoms with Crippen molar-refractivity contribution >= 4 is 11.7 Å². The molecule has 4 aliphatic rings. The molecule has 0 radical (unpaired) electrons. The lowest BCUT2D eigenvalue weighted by Crippen LogP contribution is -2.75. The Morgan fingerprint density at radius 3 is 2.49 bits per heavy atom. The molecule has 3 aliphatic carbocycles. The van der Waals surface area contributed by atoms with E-state index in [4.69, 9.17) is 4.74 Å². The van der Waals surface area contributed by atoms with Gasteiger partial charge in [-0.15, -0.1) is 8.78 Å². The number of carbonyl (C=O) groups is 2. The molecule has 3 fully saturated rings. The minimum absolute atomic E-state index is 0.122. The normalized spacial score (nSPS) is 25.2. The third kappa shape index (κ3) is 4.82. The molecule has 0 saturated heterocycles. The van der Waals surface area contributed by atoms with Gasteiger partial charge < -0.3 is 24.3 Å². The van der Waals surface area contributed by atoms with Crippen molar-refractivity contribution in [2.45, 2.75) is 50.5 Å². The monoisotopic (exact) mass is 496 g/mol. The van der Waals surface area contributed by atoms with Crippen LogP contribution in [0.5, 0.6) is 23.1 Å². The smallest absolute Gasteiger partial charge is 0.484 e. The molecule has 1 aromatic carbocycles. The van der Waals surface area contributed by atoms with Gasteiger partial charge in [-0.25, -0.2) is 4.98 Å². The Labute approximate surface area is 196 Å². The lowest BCUT2D eigenvalue weighted by atomic mass is 9.38. The SMILES string of the molecule is CC(F)(F)Oc1ccc(C(=O)CC23CC(NC(=O)COc4ccc5c(c4)OC(F)(F)O5)(C2)C3)cn1. The zero-order valence-corrected chi connectivity index (χ0v) is 18.4. The first kappa shape index (κ1) is 23.2. The van der Waals surface area contributed by atoms with E-state index in [9.17, 15) is 27.2 Å². The van der Waals surface area contributed by atoms with Crippen LogP contribution in [0.4, 0.5) is 17.6 Å². The van der Waals surface area contributed by atoms with Crippen LogP contribution in [-0.2, 0) is 4.79 Å². The van der Waals surface area contributed by atoms with Crippen molar-refractivity contribution in [1.82, 2.24) is 10.3 Å². The Morgan fingerprint density at radius 1 is 1.11 bits per heavy atom. The number of amides is 1. The second-order valence-electron chi connectivity index (χ2n) is 9.32. The standard InChI is InChI=1S/C23H20F4N2O6/c1-20(24,25)35-19-5-2-13(8-28-19)15(30)7-21-10-22(11-21,12-21)29-18(31)9-32-14-3-4-16-17(6-14)34-23(26,27)33-16/h2-6,8H,7,9-12H2,1H3,(H,29,31). The first-order valence-electron chi connectivity index (χ1n) is 10.7. The number of benzene rings is 1. The molecule has 2 heterocycles. The zero-order valence-electron chi connectivity index (χ0n) is 18.4. The number of aromatic nitrogens is 1. The summed E-state index contributed by atoms with van der Waals surface area (Å²) in [6, 6.07) is 6.49. The highest BCUT2D eigenvalue weighted by molar-refractivity contribution is 5.96. The molecule has 1 amide bonds. The molecule has 35 heavy (non-hydrogen) atoms. The maximum atomic E-state index is 13.1. The lowest BCUT2D eigenvalue weighted by Gasteiger charge is -2.70. The van der Waals surface area contributed by atoms with Crippen LogP contribution < -0.4 is 24.3 Å². The molecule has 1 aromatic heterocycles. The lowest BCUT2D eigenvalue weighted by molar-refractivity contribution is -0.286. The number of Topliss-reactive ketones (excluding diaryl/α,β-unsaturated/α-hetero) is 1. The van der Waals surface area contributed by atoms with Gasteiger partial charge in [0.2, 0.25) is 5.88 Å². The van der Waals surface area contributed by atoms with Gasteiger partial charge in [-0.2, -0.15) is 8.78 Å². The van der Waals surface area contributed by atoms with Crippen molar-refractivity contribution in [1.29, 1.82) is 0 Å². The molecular formula is C23H20F4N2O6. The number of alkyl halides is 4. The summed E-state index contributed by atoms with van der Waals surface area (Å²) >= 11 is 0. The zero-order chi connectivity index (χ0) is 25.1. The number of hydrogen-bond acceptors (Lipinski definition) is 7. The largest absolute Gasteiger partial charge is 0.586 e. The van der Waals surface area contributed by atoms with Gasteiger partial charge in [0.05, 0.1) is 0 Å². The third-order valence-corrected chi connectivity index (χ3v) is 6.17. The van der Waals surface area contributed by atoms with Crippen molar-refractivity contribution in [2.75, 3.05) is 6.61 Å². The van der Waals surface area contributed by atoms with Crippen molar-refractivity contribution in [2.24, 2.45) is 5.41 Å². The molecule has 2 aromatic rings. The van der Waals surface area contributed by atoms with E-state index in [0.29, 0.717) is 31.7 Å². The Bertz CT molecular complexity index is 1160. The molecule has 0 atom stereocenters. The number of ether oxygens (including phenoxy) is 4. The van der Waals surface area contributed by atoms with Gasteiger partial charge >= 0.3 is 12.4 Å². The Kier molecular flexibility index (Phi) is 5.11. The van der Waals surface area contributed by atoms with Crippen LogP contribution in [-0.4, -0.2) is 41.2 Å². The van der Waals surface area contributed by atoms with Gasteiger partial charge in [0.15, 0.2) is 23.9 Å². The predicted octanol–water partition coefficient (Wildman–Crippen LogP) is 4.09. The molecule has 1 N–H and O–H groups in total. The number of hydrogen-bond donors (Lipinski definition) is 1. The summed E-state index contributed by atoms with van der Waals surface area (Å²) in [5, 5.41) is 2.91. The molecule has 2 bridgehead atoms. The summed E-state index contributed by atoms with van der Waals surface area (Å²) in [6.07, 6.45) is -3.74. The van der Waals surface area contributed by atoms with Gasteiger partial charge in [-0.1, -0.05) is 0 Å². The highest BCUT2D eigenvalue weighted by Gasteiger charge is 2.68. The highest BCUT2D eigenvalue weighted by atomic mass is 19.3. The van der Waals surface area contributed by atoms with E-state index >= 15 is 0 Å². The quantitative estimate of drug-likeness (QED) is 0.413. The van der Waals surface area contributed by atoms with Crippen LogP contribution in [0.15, 0.2) is 36.5 Å². The Morgan fingerprint density at radius 2 is 1.83 bits per heavy atom. The van der Waals surface area contributed by atoms with E-state index < -0.39 is 12.4 Å². The van der Waals surface area contributed by atoms with Crippen LogP contribution in [0.25, 0.3) is 0 Å². The summed E-state index contributed by atoms with van der Waals surface area (Å²) in [5.41, 5.74) is -0.297. The van der Waals surface area contributed by atoms with Gasteiger partial charge in [0, 0.05) is 42.8 Å². The van der Waals surface area contributed by atoms with Gasteiger partial charge in [-0.3, -0.25) is 9.59 Å². The Hall–Kier alpha value is -3.57. The fourth-order valence-corrected chi connectivity index (χ4v) is 5.05. The molecular weight excluding hydrogens is 476 g/mol. The molecule has 0 spiro atoms. The maximum Gasteiger partial charge on any atom is 0.586 e. The summed E-state index contributed by atoms with van der Waals surface area (Å²) in [4.78, 5) is 28.6. The molecule has 3 saturated carbocycles. The molecule has 12 heteroatoms. The second kappa shape index (κ2) is 7.72. The van der Waals surface area contributed by atoms with Crippen LogP contribution in [0.1, 0.15) is 43.0 Å². The molecule has 0 unspecified atom stereocenters. The predicted molar refractivity (Wildman–Crippen MR) is 110 cm³/mol. The van der Waals surface area contributed by atoms with Gasteiger partial charge in [0.1, 0.15) is 5.75 Å². The van der Waals surface area contributed by atoms with Crippen LogP contribution in [0.3, 0.4) is 0 Å². The summed E-state index contributed by atoms with van der Waals surface area (Å²) < 4.78 is 70.3. The highest BCUT2D eigenvalue weighted by Crippen LogP contribution is 2.69.